The van der Waals surface area contributed by atoms with Crippen LogP contribution >= 0.6 is 11.6 Å². The Morgan fingerprint density at radius 1 is 1.32 bits per heavy atom. The molecular weight excluding hydrogens is 318 g/mol. The highest BCUT2D eigenvalue weighted by Crippen LogP contribution is 2.37. The van der Waals surface area contributed by atoms with E-state index < -0.39 is 15.1 Å². The highest BCUT2D eigenvalue weighted by Gasteiger charge is 2.31. The largest absolute Gasteiger partial charge is 0.244 e. The number of aromatic nitrogens is 1. The van der Waals surface area contributed by atoms with Crippen LogP contribution in [-0.2, 0) is 22.0 Å². The lowest BCUT2D eigenvalue weighted by molar-refractivity contribution is 0.559. The number of hydrogen-bond acceptors (Lipinski definition) is 3. The molecule has 0 radical (unpaired) electrons. The molecule has 116 valence electrons. The fourth-order valence-corrected chi connectivity index (χ4v) is 5.39. The first-order chi connectivity index (χ1) is 10.5. The van der Waals surface area contributed by atoms with E-state index in [1.165, 1.54) is 0 Å². The Labute approximate surface area is 136 Å². The molecule has 0 N–H and O–H groups in total. The molecule has 0 fully saturated rings. The maximum Gasteiger partial charge on any atom is 0.161 e. The fraction of sp³-hybridized carbons (Fsp3) is 0.353. The van der Waals surface area contributed by atoms with Crippen molar-refractivity contribution in [3.8, 4) is 0 Å². The van der Waals surface area contributed by atoms with Gasteiger partial charge in [0.2, 0.25) is 0 Å². The van der Waals surface area contributed by atoms with Gasteiger partial charge in [-0.3, -0.25) is 0 Å². The second-order valence-corrected chi connectivity index (χ2v) is 8.39. The Morgan fingerprint density at radius 3 is 2.86 bits per heavy atom. The molecular formula is C17H18ClNO2S. The van der Waals surface area contributed by atoms with E-state index in [1.807, 2.05) is 31.2 Å². The van der Waals surface area contributed by atoms with Gasteiger partial charge in [-0.2, -0.15) is 0 Å². The van der Waals surface area contributed by atoms with Crippen LogP contribution in [0.1, 0.15) is 40.3 Å². The monoisotopic (exact) mass is 335 g/mol. The van der Waals surface area contributed by atoms with E-state index in [4.69, 9.17) is 11.6 Å². The van der Waals surface area contributed by atoms with Gasteiger partial charge in [0, 0.05) is 6.20 Å². The minimum absolute atomic E-state index is 0.0159. The van der Waals surface area contributed by atoms with Crippen molar-refractivity contribution < 1.29 is 8.42 Å². The fourth-order valence-electron chi connectivity index (χ4n) is 3.10. The van der Waals surface area contributed by atoms with Crippen molar-refractivity contribution in [2.75, 3.05) is 0 Å². The quantitative estimate of drug-likeness (QED) is 0.795. The molecule has 22 heavy (non-hydrogen) atoms. The predicted molar refractivity (Wildman–Crippen MR) is 88.7 cm³/mol. The maximum absolute atomic E-state index is 12.9. The lowest BCUT2D eigenvalue weighted by atomic mass is 9.91. The van der Waals surface area contributed by atoms with Crippen LogP contribution in [-0.4, -0.2) is 13.4 Å². The molecule has 5 heteroatoms. The van der Waals surface area contributed by atoms with Crippen LogP contribution < -0.4 is 0 Å². The number of sulfone groups is 1. The summed E-state index contributed by atoms with van der Waals surface area (Å²) < 4.78 is 25.8. The molecule has 2 aromatic rings. The molecule has 0 bridgehead atoms. The van der Waals surface area contributed by atoms with E-state index in [-0.39, 0.29) is 5.75 Å². The average Bonchev–Trinajstić information content (AvgIpc) is 2.49. The topological polar surface area (TPSA) is 47.0 Å². The zero-order valence-corrected chi connectivity index (χ0v) is 14.0. The third-order valence-electron chi connectivity index (χ3n) is 4.29. The van der Waals surface area contributed by atoms with Crippen molar-refractivity contribution in [3.63, 3.8) is 0 Å². The summed E-state index contributed by atoms with van der Waals surface area (Å²) in [6.07, 6.45) is 4.14. The van der Waals surface area contributed by atoms with Gasteiger partial charge in [-0.15, -0.1) is 0 Å². The van der Waals surface area contributed by atoms with Gasteiger partial charge in [0.15, 0.2) is 9.84 Å². The zero-order valence-electron chi connectivity index (χ0n) is 12.4. The summed E-state index contributed by atoms with van der Waals surface area (Å²) in [4.78, 5) is 4.01. The van der Waals surface area contributed by atoms with Crippen LogP contribution in [0.3, 0.4) is 0 Å². The van der Waals surface area contributed by atoms with Crippen molar-refractivity contribution in [1.82, 2.24) is 4.98 Å². The third kappa shape index (κ3) is 3.03. The number of aryl methyl sites for hydroxylation is 2. The number of rotatable bonds is 3. The van der Waals surface area contributed by atoms with Crippen molar-refractivity contribution >= 4 is 21.4 Å². The molecule has 0 aliphatic heterocycles. The summed E-state index contributed by atoms with van der Waals surface area (Å²) in [5, 5.41) is -0.0193. The van der Waals surface area contributed by atoms with Crippen LogP contribution in [0.4, 0.5) is 0 Å². The molecule has 1 aromatic carbocycles. The van der Waals surface area contributed by atoms with Gasteiger partial charge >= 0.3 is 0 Å². The number of hydrogen-bond donors (Lipinski definition) is 0. The molecule has 0 saturated heterocycles. The number of pyridine rings is 1. The van der Waals surface area contributed by atoms with Crippen LogP contribution in [0.5, 0.6) is 0 Å². The number of benzene rings is 1. The third-order valence-corrected chi connectivity index (χ3v) is 6.57. The van der Waals surface area contributed by atoms with E-state index in [0.29, 0.717) is 11.6 Å². The molecule has 1 atom stereocenters. The SMILES string of the molecule is Cc1cc(Cl)ncc1CS(=O)(=O)C1CCCc2ccccc21. The van der Waals surface area contributed by atoms with Gasteiger partial charge < -0.3 is 0 Å². The average molecular weight is 336 g/mol. The normalized spacial score (nSPS) is 18.0. The summed E-state index contributed by atoms with van der Waals surface area (Å²) in [6.45, 7) is 1.87. The molecule has 1 heterocycles. The second kappa shape index (κ2) is 6.01. The van der Waals surface area contributed by atoms with E-state index in [0.717, 1.165) is 35.1 Å². The highest BCUT2D eigenvalue weighted by molar-refractivity contribution is 7.90. The van der Waals surface area contributed by atoms with Gasteiger partial charge in [-0.25, -0.2) is 13.4 Å². The molecule has 0 amide bonds. The molecule has 3 rings (SSSR count). The number of nitrogens with zero attached hydrogens (tertiary/aromatic N) is 1. The van der Waals surface area contributed by atoms with Gasteiger partial charge in [0.1, 0.15) is 5.15 Å². The molecule has 3 nitrogen and oxygen atoms in total. The number of fused-ring (bicyclic) bond motifs is 1. The van der Waals surface area contributed by atoms with Gasteiger partial charge in [0.25, 0.3) is 0 Å². The van der Waals surface area contributed by atoms with Crippen LogP contribution in [0.15, 0.2) is 36.5 Å². The van der Waals surface area contributed by atoms with Gasteiger partial charge in [-0.05, 0) is 54.5 Å². The Balaban J connectivity index is 1.94. The van der Waals surface area contributed by atoms with Crippen LogP contribution in [0, 0.1) is 6.92 Å². The van der Waals surface area contributed by atoms with E-state index in [9.17, 15) is 8.42 Å². The molecule has 1 aromatic heterocycles. The van der Waals surface area contributed by atoms with Crippen molar-refractivity contribution in [1.29, 1.82) is 0 Å². The summed E-state index contributed by atoms with van der Waals surface area (Å²) in [7, 11) is -3.27. The van der Waals surface area contributed by atoms with Crippen LogP contribution in [0.2, 0.25) is 5.15 Å². The first-order valence-electron chi connectivity index (χ1n) is 7.38. The molecule has 0 spiro atoms. The van der Waals surface area contributed by atoms with E-state index >= 15 is 0 Å². The lowest BCUT2D eigenvalue weighted by Crippen LogP contribution is -2.20. The molecule has 1 unspecified atom stereocenters. The Hall–Kier alpha value is -1.39. The van der Waals surface area contributed by atoms with Crippen LogP contribution in [0.25, 0.3) is 0 Å². The Bertz CT molecular complexity index is 802. The zero-order chi connectivity index (χ0) is 15.7. The summed E-state index contributed by atoms with van der Waals surface area (Å²) in [6, 6.07) is 9.58. The Morgan fingerprint density at radius 2 is 2.09 bits per heavy atom. The minimum atomic E-state index is -3.27. The minimum Gasteiger partial charge on any atom is -0.244 e. The lowest BCUT2D eigenvalue weighted by Gasteiger charge is -2.25. The molecule has 1 aliphatic carbocycles. The predicted octanol–water partition coefficient (Wildman–Crippen LogP) is 4.04. The summed E-state index contributed by atoms with van der Waals surface area (Å²) in [5.41, 5.74) is 3.72. The summed E-state index contributed by atoms with van der Waals surface area (Å²) >= 11 is 5.84. The van der Waals surface area contributed by atoms with Crippen molar-refractivity contribution in [2.45, 2.75) is 37.2 Å². The number of halogens is 1. The second-order valence-electron chi connectivity index (χ2n) is 5.82. The smallest absolute Gasteiger partial charge is 0.161 e. The van der Waals surface area contributed by atoms with Crippen molar-refractivity contribution in [2.24, 2.45) is 0 Å². The molecule has 1 aliphatic rings. The molecule has 0 saturated carbocycles. The van der Waals surface area contributed by atoms with E-state index in [1.54, 1.807) is 12.3 Å². The van der Waals surface area contributed by atoms with Crippen molar-refractivity contribution in [3.05, 3.63) is 63.9 Å². The maximum atomic E-state index is 12.9. The van der Waals surface area contributed by atoms with Gasteiger partial charge in [-0.1, -0.05) is 35.9 Å². The first kappa shape index (κ1) is 15.5. The van der Waals surface area contributed by atoms with Gasteiger partial charge in [0.05, 0.1) is 11.0 Å². The Kier molecular flexibility index (Phi) is 4.24. The highest BCUT2D eigenvalue weighted by atomic mass is 35.5. The van der Waals surface area contributed by atoms with E-state index in [2.05, 4.69) is 4.98 Å². The summed E-state index contributed by atoms with van der Waals surface area (Å²) in [5.74, 6) is 0.0159. The first-order valence-corrected chi connectivity index (χ1v) is 9.47. The standard InChI is InChI=1S/C17H18ClNO2S/c1-12-9-17(18)19-10-14(12)11-22(20,21)16-8-4-6-13-5-2-3-7-15(13)16/h2-3,5,7,9-10,16H,4,6,8,11H2,1H3.